The fourth-order valence-electron chi connectivity index (χ4n) is 2.98. The molecule has 0 amide bonds. The summed E-state index contributed by atoms with van der Waals surface area (Å²) in [7, 11) is 1.77. The predicted molar refractivity (Wildman–Crippen MR) is 94.3 cm³/mol. The van der Waals surface area contributed by atoms with Crippen molar-refractivity contribution in [2.45, 2.75) is 26.2 Å². The van der Waals surface area contributed by atoms with E-state index < -0.39 is 0 Å². The second-order valence-corrected chi connectivity index (χ2v) is 6.33. The molecule has 0 bridgehead atoms. The molecule has 1 aliphatic rings. The highest BCUT2D eigenvalue weighted by Crippen LogP contribution is 2.09. The van der Waals surface area contributed by atoms with Crippen molar-refractivity contribution in [2.75, 3.05) is 39.8 Å². The molecule has 128 valence electrons. The van der Waals surface area contributed by atoms with E-state index in [1.165, 1.54) is 32.0 Å². The van der Waals surface area contributed by atoms with Gasteiger partial charge in [-0.3, -0.25) is 4.99 Å². The Bertz CT molecular complexity index is 498. The molecule has 2 N–H and O–H groups in total. The third-order valence-corrected chi connectivity index (χ3v) is 4.25. The molecular weight excluding hydrogens is 291 g/mol. The third-order valence-electron chi connectivity index (χ3n) is 4.25. The van der Waals surface area contributed by atoms with Gasteiger partial charge in [-0.2, -0.15) is 0 Å². The van der Waals surface area contributed by atoms with Crippen molar-refractivity contribution in [3.63, 3.8) is 0 Å². The number of aliphatic imine (C=N–C) groups is 1. The number of halogens is 1. The number of guanidine groups is 1. The topological polar surface area (TPSA) is 39.7 Å². The molecule has 1 aliphatic heterocycles. The van der Waals surface area contributed by atoms with Crippen molar-refractivity contribution in [1.82, 2.24) is 15.5 Å². The summed E-state index contributed by atoms with van der Waals surface area (Å²) in [6, 6.07) is 6.91. The largest absolute Gasteiger partial charge is 0.356 e. The number of likely N-dealkylation sites (tertiary alicyclic amines) is 1. The van der Waals surface area contributed by atoms with Gasteiger partial charge in [0.25, 0.3) is 0 Å². The fraction of sp³-hybridized carbons (Fsp3) is 0.611. The van der Waals surface area contributed by atoms with Crippen LogP contribution in [0.5, 0.6) is 0 Å². The standard InChI is InChI=1S/C18H29FN4/c1-15(14-23-11-5-6-12-23)13-22-18(20-2)21-10-9-16-7-3-4-8-17(16)19/h3-4,7-8,15H,5-6,9-14H2,1-2H3,(H2,20,21,22). The second-order valence-electron chi connectivity index (χ2n) is 6.33. The quantitative estimate of drug-likeness (QED) is 0.598. The smallest absolute Gasteiger partial charge is 0.190 e. The minimum absolute atomic E-state index is 0.142. The predicted octanol–water partition coefficient (Wildman–Crippen LogP) is 2.27. The van der Waals surface area contributed by atoms with Crippen LogP contribution in [0.15, 0.2) is 29.3 Å². The molecule has 1 atom stereocenters. The van der Waals surface area contributed by atoms with Gasteiger partial charge in [0.1, 0.15) is 5.82 Å². The van der Waals surface area contributed by atoms with Gasteiger partial charge in [0.05, 0.1) is 0 Å². The number of hydrogen-bond acceptors (Lipinski definition) is 2. The Kier molecular flexibility index (Phi) is 7.33. The zero-order valence-corrected chi connectivity index (χ0v) is 14.3. The van der Waals surface area contributed by atoms with Gasteiger partial charge in [-0.25, -0.2) is 4.39 Å². The maximum absolute atomic E-state index is 13.6. The van der Waals surface area contributed by atoms with E-state index in [0.717, 1.165) is 24.6 Å². The SMILES string of the molecule is CN=C(NCCc1ccccc1F)NCC(C)CN1CCCC1. The maximum Gasteiger partial charge on any atom is 0.190 e. The first-order valence-corrected chi connectivity index (χ1v) is 8.59. The highest BCUT2D eigenvalue weighted by Gasteiger charge is 2.14. The lowest BCUT2D eigenvalue weighted by molar-refractivity contribution is 0.287. The summed E-state index contributed by atoms with van der Waals surface area (Å²) < 4.78 is 13.6. The van der Waals surface area contributed by atoms with E-state index in [1.54, 1.807) is 13.1 Å². The molecule has 2 rings (SSSR count). The van der Waals surface area contributed by atoms with Gasteiger partial charge in [-0.15, -0.1) is 0 Å². The molecule has 0 saturated carbocycles. The molecule has 1 aromatic rings. The van der Waals surface area contributed by atoms with Crippen molar-refractivity contribution < 1.29 is 4.39 Å². The fourth-order valence-corrected chi connectivity index (χ4v) is 2.98. The summed E-state index contributed by atoms with van der Waals surface area (Å²) in [5.41, 5.74) is 0.734. The summed E-state index contributed by atoms with van der Waals surface area (Å²) in [6.07, 6.45) is 3.32. The highest BCUT2D eigenvalue weighted by molar-refractivity contribution is 5.79. The molecule has 0 radical (unpaired) electrons. The molecule has 5 heteroatoms. The van der Waals surface area contributed by atoms with Crippen LogP contribution in [0.4, 0.5) is 4.39 Å². The van der Waals surface area contributed by atoms with Crippen LogP contribution in [0, 0.1) is 11.7 Å². The summed E-state index contributed by atoms with van der Waals surface area (Å²) in [4.78, 5) is 6.76. The maximum atomic E-state index is 13.6. The Labute approximate surface area is 139 Å². The minimum Gasteiger partial charge on any atom is -0.356 e. The lowest BCUT2D eigenvalue weighted by atomic mass is 10.1. The van der Waals surface area contributed by atoms with Crippen molar-refractivity contribution >= 4 is 5.96 Å². The average molecular weight is 320 g/mol. The van der Waals surface area contributed by atoms with E-state index in [0.29, 0.717) is 18.9 Å². The van der Waals surface area contributed by atoms with Gasteiger partial charge >= 0.3 is 0 Å². The highest BCUT2D eigenvalue weighted by atomic mass is 19.1. The van der Waals surface area contributed by atoms with Gasteiger partial charge in [-0.05, 0) is 49.9 Å². The number of nitrogens with one attached hydrogen (secondary N) is 2. The number of nitrogens with zero attached hydrogens (tertiary/aromatic N) is 2. The molecule has 1 saturated heterocycles. The van der Waals surface area contributed by atoms with Crippen LogP contribution in [-0.4, -0.2) is 50.6 Å². The molecule has 1 fully saturated rings. The first kappa shape index (κ1) is 17.7. The van der Waals surface area contributed by atoms with E-state index >= 15 is 0 Å². The van der Waals surface area contributed by atoms with Gasteiger partial charge in [0, 0.05) is 26.7 Å². The van der Waals surface area contributed by atoms with Gasteiger partial charge in [-0.1, -0.05) is 25.1 Å². The van der Waals surface area contributed by atoms with Gasteiger partial charge in [0.15, 0.2) is 5.96 Å². The van der Waals surface area contributed by atoms with Gasteiger partial charge in [0.2, 0.25) is 0 Å². The van der Waals surface area contributed by atoms with Crippen LogP contribution in [0.2, 0.25) is 0 Å². The van der Waals surface area contributed by atoms with Crippen LogP contribution in [0.25, 0.3) is 0 Å². The molecule has 1 unspecified atom stereocenters. The van der Waals surface area contributed by atoms with Crippen molar-refractivity contribution in [3.8, 4) is 0 Å². The molecule has 0 spiro atoms. The van der Waals surface area contributed by atoms with Crippen molar-refractivity contribution in [2.24, 2.45) is 10.9 Å². The van der Waals surface area contributed by atoms with E-state index in [2.05, 4.69) is 27.4 Å². The Hall–Kier alpha value is -1.62. The lowest BCUT2D eigenvalue weighted by Gasteiger charge is -2.21. The van der Waals surface area contributed by atoms with Gasteiger partial charge < -0.3 is 15.5 Å². The van der Waals surface area contributed by atoms with Crippen LogP contribution in [0.3, 0.4) is 0 Å². The minimum atomic E-state index is -0.142. The zero-order valence-electron chi connectivity index (χ0n) is 14.3. The molecule has 1 heterocycles. The second kappa shape index (κ2) is 9.50. The number of hydrogen-bond donors (Lipinski definition) is 2. The summed E-state index contributed by atoms with van der Waals surface area (Å²) in [5.74, 6) is 1.23. The average Bonchev–Trinajstić information content (AvgIpc) is 3.05. The normalized spacial score (nSPS) is 17.3. The monoisotopic (exact) mass is 320 g/mol. The van der Waals surface area contributed by atoms with Crippen molar-refractivity contribution in [1.29, 1.82) is 0 Å². The molecule has 23 heavy (non-hydrogen) atoms. The number of benzene rings is 1. The zero-order chi connectivity index (χ0) is 16.5. The Morgan fingerprint density at radius 2 is 2.00 bits per heavy atom. The molecule has 0 aromatic heterocycles. The summed E-state index contributed by atoms with van der Waals surface area (Å²) >= 11 is 0. The number of rotatable bonds is 7. The molecule has 4 nitrogen and oxygen atoms in total. The van der Waals surface area contributed by atoms with Crippen LogP contribution < -0.4 is 10.6 Å². The lowest BCUT2D eigenvalue weighted by Crippen LogP contribution is -2.42. The van der Waals surface area contributed by atoms with Crippen molar-refractivity contribution in [3.05, 3.63) is 35.6 Å². The first-order chi connectivity index (χ1) is 11.2. The first-order valence-electron chi connectivity index (χ1n) is 8.59. The third kappa shape index (κ3) is 6.18. The molecule has 0 aliphatic carbocycles. The Morgan fingerprint density at radius 3 is 2.70 bits per heavy atom. The van der Waals surface area contributed by atoms with E-state index in [1.807, 2.05) is 12.1 Å². The van der Waals surface area contributed by atoms with Crippen LogP contribution in [0.1, 0.15) is 25.3 Å². The summed E-state index contributed by atoms with van der Waals surface area (Å²) in [5, 5.41) is 6.62. The van der Waals surface area contributed by atoms with Crippen LogP contribution >= 0.6 is 0 Å². The molecule has 1 aromatic carbocycles. The Balaban J connectivity index is 1.66. The van der Waals surface area contributed by atoms with E-state index in [-0.39, 0.29) is 5.82 Å². The van der Waals surface area contributed by atoms with Crippen LogP contribution in [-0.2, 0) is 6.42 Å². The van der Waals surface area contributed by atoms with E-state index in [4.69, 9.17) is 0 Å². The van der Waals surface area contributed by atoms with E-state index in [9.17, 15) is 4.39 Å². The molecular formula is C18H29FN4. The Morgan fingerprint density at radius 1 is 1.26 bits per heavy atom. The summed E-state index contributed by atoms with van der Waals surface area (Å²) in [6.45, 7) is 7.44.